The summed E-state index contributed by atoms with van der Waals surface area (Å²) < 4.78 is 13.1. The van der Waals surface area contributed by atoms with Crippen LogP contribution in [0.3, 0.4) is 0 Å². The molecule has 17 heavy (non-hydrogen) atoms. The molecule has 0 bridgehead atoms. The Kier molecular flexibility index (Phi) is 5.04. The lowest BCUT2D eigenvalue weighted by Gasteiger charge is -2.27. The fourth-order valence-electron chi connectivity index (χ4n) is 1.36. The first-order chi connectivity index (χ1) is 7.23. The van der Waals surface area contributed by atoms with Crippen LogP contribution in [-0.2, 0) is 0 Å². The second-order valence-electron chi connectivity index (χ2n) is 4.81. The molecule has 2 N–H and O–H groups in total. The van der Waals surface area contributed by atoms with E-state index in [2.05, 4.69) is 0 Å². The lowest BCUT2D eigenvalue weighted by Crippen LogP contribution is -2.26. The number of halogens is 2. The highest BCUT2D eigenvalue weighted by molar-refractivity contribution is 5.85. The minimum atomic E-state index is -0.838. The summed E-state index contributed by atoms with van der Waals surface area (Å²) in [6.45, 7) is 5.77. The summed E-state index contributed by atoms with van der Waals surface area (Å²) in [6.07, 6.45) is 0. The first kappa shape index (κ1) is 15.8. The molecule has 0 aromatic heterocycles. The largest absolute Gasteiger partial charge is 0.324 e. The number of nitro benzene ring substituents is 1. The zero-order valence-electron chi connectivity index (χ0n) is 9.94. The van der Waals surface area contributed by atoms with Crippen LogP contribution in [0.1, 0.15) is 32.4 Å². The molecule has 0 aliphatic heterocycles. The van der Waals surface area contributed by atoms with Gasteiger partial charge in [-0.25, -0.2) is 0 Å². The number of nitrogens with zero attached hydrogens (tertiary/aromatic N) is 1. The predicted octanol–water partition coefficient (Wildman–Crippen LogP) is 3.20. The van der Waals surface area contributed by atoms with E-state index < -0.39 is 16.4 Å². The molecule has 1 rings (SSSR count). The Morgan fingerprint density at radius 3 is 2.35 bits per heavy atom. The average molecular weight is 263 g/mol. The Balaban J connectivity index is 0.00000256. The Morgan fingerprint density at radius 2 is 1.94 bits per heavy atom. The Hall–Kier alpha value is -1.20. The van der Waals surface area contributed by atoms with E-state index in [1.165, 1.54) is 12.1 Å². The van der Waals surface area contributed by atoms with E-state index >= 15 is 0 Å². The fraction of sp³-hybridized carbons (Fsp3) is 0.455. The van der Waals surface area contributed by atoms with E-state index in [9.17, 15) is 14.5 Å². The average Bonchev–Trinajstić information content (AvgIpc) is 2.15. The highest BCUT2D eigenvalue weighted by Gasteiger charge is 2.25. The van der Waals surface area contributed by atoms with Crippen molar-refractivity contribution in [3.8, 4) is 0 Å². The van der Waals surface area contributed by atoms with E-state index in [1.807, 2.05) is 20.8 Å². The standard InChI is InChI=1S/C11H15FN2O2.ClH/c1-11(2,3)10(13)7-4-5-8(12)9(6-7)14(15)16;/h4-6,10H,13H2,1-3H3;1H/t10-;/m0./s1. The van der Waals surface area contributed by atoms with Crippen LogP contribution in [0.5, 0.6) is 0 Å². The Bertz CT molecular complexity index is 418. The van der Waals surface area contributed by atoms with Gasteiger partial charge in [0, 0.05) is 12.1 Å². The second kappa shape index (κ2) is 5.42. The number of nitro groups is 1. The molecule has 4 nitrogen and oxygen atoms in total. The van der Waals surface area contributed by atoms with Gasteiger partial charge in [0.2, 0.25) is 5.82 Å². The highest BCUT2D eigenvalue weighted by Crippen LogP contribution is 2.32. The molecule has 6 heteroatoms. The molecule has 1 aromatic rings. The van der Waals surface area contributed by atoms with E-state index in [1.54, 1.807) is 0 Å². The van der Waals surface area contributed by atoms with Gasteiger partial charge in [0.15, 0.2) is 0 Å². The summed E-state index contributed by atoms with van der Waals surface area (Å²) >= 11 is 0. The van der Waals surface area contributed by atoms with Crippen molar-refractivity contribution < 1.29 is 9.31 Å². The molecular weight excluding hydrogens is 247 g/mol. The van der Waals surface area contributed by atoms with Crippen molar-refractivity contribution in [3.05, 3.63) is 39.7 Å². The van der Waals surface area contributed by atoms with Crippen LogP contribution >= 0.6 is 12.4 Å². The van der Waals surface area contributed by atoms with Gasteiger partial charge < -0.3 is 5.73 Å². The summed E-state index contributed by atoms with van der Waals surface area (Å²) in [5, 5.41) is 10.6. The molecule has 0 heterocycles. The van der Waals surface area contributed by atoms with Gasteiger partial charge in [-0.3, -0.25) is 10.1 Å². The number of benzene rings is 1. The van der Waals surface area contributed by atoms with E-state index in [0.717, 1.165) is 6.07 Å². The molecule has 0 unspecified atom stereocenters. The summed E-state index contributed by atoms with van der Waals surface area (Å²) in [6, 6.07) is 3.40. The number of hydrogen-bond acceptors (Lipinski definition) is 3. The fourth-order valence-corrected chi connectivity index (χ4v) is 1.36. The number of nitrogens with two attached hydrogens (primary N) is 1. The lowest BCUT2D eigenvalue weighted by atomic mass is 9.83. The molecule has 0 spiro atoms. The molecule has 1 aromatic carbocycles. The topological polar surface area (TPSA) is 69.2 Å². The van der Waals surface area contributed by atoms with E-state index in [-0.39, 0.29) is 23.9 Å². The molecule has 1 atom stereocenters. The molecular formula is C11H16ClFN2O2. The van der Waals surface area contributed by atoms with Gasteiger partial charge >= 0.3 is 5.69 Å². The monoisotopic (exact) mass is 262 g/mol. The summed E-state index contributed by atoms with van der Waals surface area (Å²) in [4.78, 5) is 9.83. The first-order valence-electron chi connectivity index (χ1n) is 4.93. The zero-order chi connectivity index (χ0) is 12.5. The van der Waals surface area contributed by atoms with Gasteiger partial charge in [-0.15, -0.1) is 12.4 Å². The molecule has 0 saturated heterocycles. The molecule has 0 aliphatic carbocycles. The SMILES string of the molecule is CC(C)(C)[C@@H](N)c1ccc(F)c([N+](=O)[O-])c1.Cl. The normalized spacial score (nSPS) is 12.8. The van der Waals surface area contributed by atoms with Crippen molar-refractivity contribution >= 4 is 18.1 Å². The van der Waals surface area contributed by atoms with Crippen molar-refractivity contribution in [2.75, 3.05) is 0 Å². The van der Waals surface area contributed by atoms with Crippen molar-refractivity contribution in [3.63, 3.8) is 0 Å². The third kappa shape index (κ3) is 3.64. The molecule has 96 valence electrons. The van der Waals surface area contributed by atoms with Crippen LogP contribution in [0.4, 0.5) is 10.1 Å². The van der Waals surface area contributed by atoms with Gasteiger partial charge in [0.1, 0.15) is 0 Å². The maximum Gasteiger partial charge on any atom is 0.305 e. The number of rotatable bonds is 2. The molecule has 0 amide bonds. The maximum atomic E-state index is 13.1. The molecule has 0 radical (unpaired) electrons. The Labute approximate surface area is 106 Å². The molecule has 0 saturated carbocycles. The highest BCUT2D eigenvalue weighted by atomic mass is 35.5. The zero-order valence-corrected chi connectivity index (χ0v) is 10.8. The van der Waals surface area contributed by atoms with Crippen molar-refractivity contribution in [2.24, 2.45) is 11.1 Å². The van der Waals surface area contributed by atoms with Gasteiger partial charge in [0.05, 0.1) is 4.92 Å². The third-order valence-corrected chi connectivity index (χ3v) is 2.46. The van der Waals surface area contributed by atoms with Crippen molar-refractivity contribution in [1.29, 1.82) is 0 Å². The minimum absolute atomic E-state index is 0. The minimum Gasteiger partial charge on any atom is -0.324 e. The summed E-state index contributed by atoms with van der Waals surface area (Å²) in [5.41, 5.74) is 5.76. The van der Waals surface area contributed by atoms with E-state index in [4.69, 9.17) is 5.73 Å². The first-order valence-corrected chi connectivity index (χ1v) is 4.93. The maximum absolute atomic E-state index is 13.1. The van der Waals surface area contributed by atoms with Gasteiger partial charge in [-0.05, 0) is 17.0 Å². The Morgan fingerprint density at radius 1 is 1.41 bits per heavy atom. The van der Waals surface area contributed by atoms with Crippen molar-refractivity contribution in [1.82, 2.24) is 0 Å². The van der Waals surface area contributed by atoms with Crippen LogP contribution in [0.15, 0.2) is 18.2 Å². The quantitative estimate of drug-likeness (QED) is 0.657. The van der Waals surface area contributed by atoms with Crippen molar-refractivity contribution in [2.45, 2.75) is 26.8 Å². The number of hydrogen-bond donors (Lipinski definition) is 1. The van der Waals surface area contributed by atoms with Gasteiger partial charge in [-0.2, -0.15) is 4.39 Å². The summed E-state index contributed by atoms with van der Waals surface area (Å²) in [7, 11) is 0. The smallest absolute Gasteiger partial charge is 0.305 e. The van der Waals surface area contributed by atoms with Gasteiger partial charge in [0.25, 0.3) is 0 Å². The van der Waals surface area contributed by atoms with Crippen LogP contribution in [0.25, 0.3) is 0 Å². The predicted molar refractivity (Wildman–Crippen MR) is 66.7 cm³/mol. The van der Waals surface area contributed by atoms with Crippen LogP contribution in [0, 0.1) is 21.3 Å². The van der Waals surface area contributed by atoms with E-state index in [0.29, 0.717) is 5.56 Å². The second-order valence-corrected chi connectivity index (χ2v) is 4.81. The third-order valence-electron chi connectivity index (χ3n) is 2.46. The van der Waals surface area contributed by atoms with Gasteiger partial charge in [-0.1, -0.05) is 26.8 Å². The van der Waals surface area contributed by atoms with Crippen LogP contribution < -0.4 is 5.73 Å². The molecule has 0 aliphatic rings. The van der Waals surface area contributed by atoms with Crippen LogP contribution in [-0.4, -0.2) is 4.92 Å². The summed E-state index contributed by atoms with van der Waals surface area (Å²) in [5.74, 6) is -0.838. The van der Waals surface area contributed by atoms with Crippen LogP contribution in [0.2, 0.25) is 0 Å². The molecule has 0 fully saturated rings. The lowest BCUT2D eigenvalue weighted by molar-refractivity contribution is -0.387.